The number of aromatic nitrogens is 2. The molecule has 0 aliphatic rings. The summed E-state index contributed by atoms with van der Waals surface area (Å²) in [5, 5.41) is 6.99. The molecule has 1 aromatic carbocycles. The molecule has 0 aliphatic carbocycles. The minimum absolute atomic E-state index is 0.211. The van der Waals surface area contributed by atoms with Crippen LogP contribution in [0.5, 0.6) is 0 Å². The van der Waals surface area contributed by atoms with Crippen LogP contribution in [0, 0.1) is 0 Å². The fourth-order valence-electron chi connectivity index (χ4n) is 2.42. The van der Waals surface area contributed by atoms with Crippen LogP contribution in [0.4, 0.5) is 5.69 Å². The summed E-state index contributed by atoms with van der Waals surface area (Å²) >= 11 is 1.66. The molecular weight excluding hydrogens is 306 g/mol. The molecule has 3 aromatic heterocycles. The zero-order chi connectivity index (χ0) is 15.6. The number of anilines is 1. The first-order chi connectivity index (χ1) is 11.3. The van der Waals surface area contributed by atoms with Crippen LogP contribution in [0.3, 0.4) is 0 Å². The highest BCUT2D eigenvalue weighted by atomic mass is 32.1. The molecule has 0 radical (unpaired) electrons. The van der Waals surface area contributed by atoms with Crippen molar-refractivity contribution in [2.24, 2.45) is 0 Å². The molecule has 4 aromatic rings. The number of imidazole rings is 1. The molecule has 0 saturated heterocycles. The molecule has 0 unspecified atom stereocenters. The Morgan fingerprint density at radius 2 is 1.87 bits per heavy atom. The van der Waals surface area contributed by atoms with Crippen molar-refractivity contribution in [1.82, 2.24) is 9.38 Å². The van der Waals surface area contributed by atoms with E-state index in [1.807, 2.05) is 58.4 Å². The van der Waals surface area contributed by atoms with Crippen LogP contribution in [0.1, 0.15) is 10.5 Å². The SMILES string of the molecule is O=C(Nc1ccccc1)c1cn2cc(-c3ccsc3)ccc2n1. The van der Waals surface area contributed by atoms with Crippen LogP contribution < -0.4 is 5.32 Å². The lowest BCUT2D eigenvalue weighted by molar-refractivity contribution is 0.102. The molecule has 112 valence electrons. The zero-order valence-corrected chi connectivity index (χ0v) is 13.0. The summed E-state index contributed by atoms with van der Waals surface area (Å²) in [5.74, 6) is -0.211. The first kappa shape index (κ1) is 13.7. The smallest absolute Gasteiger partial charge is 0.275 e. The van der Waals surface area contributed by atoms with Gasteiger partial charge in [-0.1, -0.05) is 18.2 Å². The molecule has 4 nitrogen and oxygen atoms in total. The molecule has 23 heavy (non-hydrogen) atoms. The Morgan fingerprint density at radius 3 is 2.65 bits per heavy atom. The van der Waals surface area contributed by atoms with E-state index >= 15 is 0 Å². The van der Waals surface area contributed by atoms with Crippen LogP contribution >= 0.6 is 11.3 Å². The predicted octanol–water partition coefficient (Wildman–Crippen LogP) is 4.32. The number of fused-ring (bicyclic) bond motifs is 1. The summed E-state index contributed by atoms with van der Waals surface area (Å²) in [6.45, 7) is 0. The molecule has 1 N–H and O–H groups in total. The van der Waals surface area contributed by atoms with Gasteiger partial charge in [0.25, 0.3) is 5.91 Å². The molecule has 0 spiro atoms. The average Bonchev–Trinajstić information content (AvgIpc) is 3.24. The van der Waals surface area contributed by atoms with E-state index in [2.05, 4.69) is 21.7 Å². The third kappa shape index (κ3) is 2.74. The summed E-state index contributed by atoms with van der Waals surface area (Å²) in [6.07, 6.45) is 3.74. The monoisotopic (exact) mass is 319 g/mol. The number of pyridine rings is 1. The van der Waals surface area contributed by atoms with E-state index in [1.54, 1.807) is 17.5 Å². The molecule has 0 fully saturated rings. The van der Waals surface area contributed by atoms with Gasteiger partial charge in [-0.3, -0.25) is 4.79 Å². The Bertz CT molecular complexity index is 959. The van der Waals surface area contributed by atoms with Gasteiger partial charge < -0.3 is 9.72 Å². The summed E-state index contributed by atoms with van der Waals surface area (Å²) in [5.41, 5.74) is 4.18. The fourth-order valence-corrected chi connectivity index (χ4v) is 3.08. The van der Waals surface area contributed by atoms with E-state index in [0.29, 0.717) is 5.69 Å². The highest BCUT2D eigenvalue weighted by Crippen LogP contribution is 2.22. The van der Waals surface area contributed by atoms with Gasteiger partial charge in [0.1, 0.15) is 11.3 Å². The van der Waals surface area contributed by atoms with Crippen molar-refractivity contribution in [3.05, 3.63) is 77.4 Å². The summed E-state index contributed by atoms with van der Waals surface area (Å²) in [4.78, 5) is 16.7. The van der Waals surface area contributed by atoms with E-state index in [0.717, 1.165) is 16.9 Å². The third-order valence-corrected chi connectivity index (χ3v) is 4.25. The number of carbonyl (C=O) groups is 1. The summed E-state index contributed by atoms with van der Waals surface area (Å²) in [6, 6.07) is 15.4. The van der Waals surface area contributed by atoms with E-state index in [4.69, 9.17) is 0 Å². The number of nitrogens with zero attached hydrogens (tertiary/aromatic N) is 2. The van der Waals surface area contributed by atoms with Crippen molar-refractivity contribution in [2.45, 2.75) is 0 Å². The molecule has 0 aliphatic heterocycles. The van der Waals surface area contributed by atoms with Gasteiger partial charge in [-0.25, -0.2) is 4.98 Å². The van der Waals surface area contributed by atoms with Crippen LogP contribution in [0.25, 0.3) is 16.8 Å². The van der Waals surface area contributed by atoms with Crippen molar-refractivity contribution in [1.29, 1.82) is 0 Å². The van der Waals surface area contributed by atoms with Gasteiger partial charge in [-0.15, -0.1) is 0 Å². The standard InChI is InChI=1S/C18H13N3OS/c22-18(19-15-4-2-1-3-5-15)16-11-21-10-13(6-7-17(21)20-16)14-8-9-23-12-14/h1-12H,(H,19,22). The van der Waals surface area contributed by atoms with Crippen molar-refractivity contribution < 1.29 is 4.79 Å². The van der Waals surface area contributed by atoms with Crippen molar-refractivity contribution in [2.75, 3.05) is 5.32 Å². The minimum atomic E-state index is -0.211. The number of hydrogen-bond donors (Lipinski definition) is 1. The lowest BCUT2D eigenvalue weighted by atomic mass is 10.1. The number of rotatable bonds is 3. The van der Waals surface area contributed by atoms with Crippen LogP contribution in [-0.4, -0.2) is 15.3 Å². The van der Waals surface area contributed by atoms with Crippen LogP contribution in [0.2, 0.25) is 0 Å². The van der Waals surface area contributed by atoms with E-state index in [-0.39, 0.29) is 5.91 Å². The number of carbonyl (C=O) groups excluding carboxylic acids is 1. The largest absolute Gasteiger partial charge is 0.321 e. The molecule has 1 amide bonds. The normalized spacial score (nSPS) is 10.8. The van der Waals surface area contributed by atoms with Crippen molar-refractivity contribution in [3.63, 3.8) is 0 Å². The maximum atomic E-state index is 12.3. The van der Waals surface area contributed by atoms with Gasteiger partial charge in [-0.05, 0) is 52.2 Å². The number of hydrogen-bond acceptors (Lipinski definition) is 3. The highest BCUT2D eigenvalue weighted by molar-refractivity contribution is 7.08. The van der Waals surface area contributed by atoms with Crippen molar-refractivity contribution >= 4 is 28.6 Å². The van der Waals surface area contributed by atoms with Crippen LogP contribution in [0.15, 0.2) is 71.7 Å². The molecule has 3 heterocycles. The Morgan fingerprint density at radius 1 is 1.00 bits per heavy atom. The maximum absolute atomic E-state index is 12.3. The molecular formula is C18H13N3OS. The quantitative estimate of drug-likeness (QED) is 0.611. The van der Waals surface area contributed by atoms with Gasteiger partial charge in [0.15, 0.2) is 0 Å². The Hall–Kier alpha value is -2.92. The number of nitrogens with one attached hydrogen (secondary N) is 1. The van der Waals surface area contributed by atoms with E-state index in [9.17, 15) is 4.79 Å². The molecule has 0 atom stereocenters. The fraction of sp³-hybridized carbons (Fsp3) is 0. The topological polar surface area (TPSA) is 46.4 Å². The second-order valence-electron chi connectivity index (χ2n) is 5.14. The minimum Gasteiger partial charge on any atom is -0.321 e. The van der Waals surface area contributed by atoms with Crippen molar-refractivity contribution in [3.8, 4) is 11.1 Å². The molecule has 0 saturated carbocycles. The summed E-state index contributed by atoms with van der Waals surface area (Å²) in [7, 11) is 0. The maximum Gasteiger partial charge on any atom is 0.275 e. The number of para-hydroxylation sites is 1. The van der Waals surface area contributed by atoms with Gasteiger partial charge in [-0.2, -0.15) is 11.3 Å². The van der Waals surface area contributed by atoms with Gasteiger partial charge in [0, 0.05) is 18.1 Å². The summed E-state index contributed by atoms with van der Waals surface area (Å²) < 4.78 is 1.88. The predicted molar refractivity (Wildman–Crippen MR) is 92.9 cm³/mol. The van der Waals surface area contributed by atoms with Gasteiger partial charge in [0.2, 0.25) is 0 Å². The third-order valence-electron chi connectivity index (χ3n) is 3.57. The number of benzene rings is 1. The molecule has 5 heteroatoms. The van der Waals surface area contributed by atoms with Gasteiger partial charge >= 0.3 is 0 Å². The lowest BCUT2D eigenvalue weighted by Gasteiger charge is -2.01. The van der Waals surface area contributed by atoms with Crippen LogP contribution in [-0.2, 0) is 0 Å². The second-order valence-corrected chi connectivity index (χ2v) is 5.92. The first-order valence-electron chi connectivity index (χ1n) is 7.17. The van der Waals surface area contributed by atoms with E-state index < -0.39 is 0 Å². The number of thiophene rings is 1. The van der Waals surface area contributed by atoms with E-state index in [1.165, 1.54) is 5.56 Å². The Kier molecular flexibility index (Phi) is 3.40. The highest BCUT2D eigenvalue weighted by Gasteiger charge is 2.11. The Balaban J connectivity index is 1.65. The average molecular weight is 319 g/mol. The zero-order valence-electron chi connectivity index (χ0n) is 12.1. The van der Waals surface area contributed by atoms with Gasteiger partial charge in [0.05, 0.1) is 0 Å². The Labute approximate surface area is 137 Å². The first-order valence-corrected chi connectivity index (χ1v) is 8.11. The molecule has 4 rings (SSSR count). The number of amides is 1. The molecule has 0 bridgehead atoms. The second kappa shape index (κ2) is 5.70. The lowest BCUT2D eigenvalue weighted by Crippen LogP contribution is -2.11.